The summed E-state index contributed by atoms with van der Waals surface area (Å²) in [5.41, 5.74) is 0.358. The zero-order chi connectivity index (χ0) is 29.6. The molecule has 210 valence electrons. The predicted molar refractivity (Wildman–Crippen MR) is 162 cm³/mol. The van der Waals surface area contributed by atoms with Gasteiger partial charge in [0.15, 0.2) is 5.78 Å². The maximum absolute atomic E-state index is 13.2. The number of hydrogen-bond acceptors (Lipinski definition) is 4. The van der Waals surface area contributed by atoms with E-state index in [1.807, 2.05) is 57.2 Å². The summed E-state index contributed by atoms with van der Waals surface area (Å²) in [4.78, 5) is 27.0. The van der Waals surface area contributed by atoms with Crippen LogP contribution in [0.3, 0.4) is 0 Å². The molecule has 0 saturated carbocycles. The van der Waals surface area contributed by atoms with Gasteiger partial charge in [-0.2, -0.15) is 5.26 Å². The molecule has 40 heavy (non-hydrogen) atoms. The second-order valence-electron chi connectivity index (χ2n) is 12.1. The Morgan fingerprint density at radius 1 is 0.875 bits per heavy atom. The Morgan fingerprint density at radius 2 is 1.38 bits per heavy atom. The fraction of sp³-hybridized carbons (Fsp3) is 0.364. The van der Waals surface area contributed by atoms with Crippen LogP contribution in [0.5, 0.6) is 0 Å². The monoisotopic (exact) mass is 556 g/mol. The van der Waals surface area contributed by atoms with Gasteiger partial charge in [-0.3, -0.25) is 4.79 Å². The first kappa shape index (κ1) is 30.8. The van der Waals surface area contributed by atoms with Gasteiger partial charge in [0.05, 0.1) is 17.7 Å². The smallest absolute Gasteiger partial charge is 0.407 e. The summed E-state index contributed by atoms with van der Waals surface area (Å²) in [6.45, 7) is 12.3. The molecule has 1 amide bonds. The largest absolute Gasteiger partial charge is 0.465 e. The summed E-state index contributed by atoms with van der Waals surface area (Å²) in [5.74, 6) is -0.0711. The van der Waals surface area contributed by atoms with E-state index in [9.17, 15) is 14.7 Å². The van der Waals surface area contributed by atoms with Gasteiger partial charge in [-0.15, -0.1) is 0 Å². The summed E-state index contributed by atoms with van der Waals surface area (Å²) in [5, 5.41) is 21.1. The van der Waals surface area contributed by atoms with Crippen molar-refractivity contribution in [3.05, 3.63) is 96.1 Å². The number of ketones is 1. The van der Waals surface area contributed by atoms with Crippen LogP contribution in [0.4, 0.5) is 4.79 Å². The van der Waals surface area contributed by atoms with E-state index in [4.69, 9.17) is 9.69 Å². The molecule has 0 bridgehead atoms. The summed E-state index contributed by atoms with van der Waals surface area (Å²) in [7, 11) is -3.00. The first-order valence-electron chi connectivity index (χ1n) is 13.6. The van der Waals surface area contributed by atoms with Crippen molar-refractivity contribution in [2.75, 3.05) is 6.54 Å². The van der Waals surface area contributed by atoms with Crippen LogP contribution in [0.1, 0.15) is 70.3 Å². The summed E-state index contributed by atoms with van der Waals surface area (Å²) < 4.78 is 7.31. The van der Waals surface area contributed by atoms with Gasteiger partial charge in [0.1, 0.15) is 0 Å². The maximum atomic E-state index is 13.2. The predicted octanol–water partition coefficient (Wildman–Crippen LogP) is 6.24. The van der Waals surface area contributed by atoms with Crippen LogP contribution in [-0.2, 0) is 4.43 Å². The molecule has 6 nitrogen and oxygen atoms in total. The molecule has 0 heterocycles. The molecule has 0 aliphatic heterocycles. The van der Waals surface area contributed by atoms with Gasteiger partial charge in [-0.05, 0) is 54.7 Å². The Balaban J connectivity index is 2.08. The van der Waals surface area contributed by atoms with Crippen LogP contribution in [0.25, 0.3) is 0 Å². The van der Waals surface area contributed by atoms with Gasteiger partial charge in [0.25, 0.3) is 8.32 Å². The Labute approximate surface area is 239 Å². The molecule has 0 aromatic heterocycles. The first-order chi connectivity index (χ1) is 18.8. The number of nitrogens with zero attached hydrogens (tertiary/aromatic N) is 2. The van der Waals surface area contributed by atoms with Crippen molar-refractivity contribution < 1.29 is 19.1 Å². The van der Waals surface area contributed by atoms with E-state index >= 15 is 0 Å². The van der Waals surface area contributed by atoms with Gasteiger partial charge in [-0.25, -0.2) is 4.79 Å². The van der Waals surface area contributed by atoms with E-state index in [0.717, 1.165) is 10.4 Å². The third-order valence-corrected chi connectivity index (χ3v) is 12.3. The molecule has 3 aromatic rings. The van der Waals surface area contributed by atoms with Crippen molar-refractivity contribution in [3.63, 3.8) is 0 Å². The van der Waals surface area contributed by atoms with E-state index in [-0.39, 0.29) is 23.8 Å². The van der Waals surface area contributed by atoms with Crippen LogP contribution < -0.4 is 10.4 Å². The lowest BCUT2D eigenvalue weighted by Gasteiger charge is -2.46. The molecule has 3 rings (SSSR count). The van der Waals surface area contributed by atoms with Gasteiger partial charge in [0.2, 0.25) is 0 Å². The molecule has 0 aliphatic rings. The number of benzene rings is 3. The first-order valence-corrected chi connectivity index (χ1v) is 15.5. The zero-order valence-corrected chi connectivity index (χ0v) is 25.3. The van der Waals surface area contributed by atoms with Crippen LogP contribution >= 0.6 is 0 Å². The molecule has 0 radical (unpaired) electrons. The molecule has 1 unspecified atom stereocenters. The highest BCUT2D eigenvalue weighted by Gasteiger charge is 2.51. The summed E-state index contributed by atoms with van der Waals surface area (Å²) >= 11 is 0. The van der Waals surface area contributed by atoms with Gasteiger partial charge in [0, 0.05) is 24.1 Å². The standard InChI is InChI=1S/C33H40N2O4Si/c1-32(2,3)35(31(37)38)24-27(21-22-30(36)26-19-17-25(23-34)18-20-26)39-40(33(4,5)6,28-13-9-7-10-14-28)29-15-11-8-12-16-29/h7-20,27H,21-22,24H2,1-6H3,(H,37,38). The Bertz CT molecular complexity index is 1280. The van der Waals surface area contributed by atoms with Crippen molar-refractivity contribution in [1.82, 2.24) is 4.90 Å². The number of nitriles is 1. The van der Waals surface area contributed by atoms with E-state index in [2.05, 4.69) is 51.1 Å². The van der Waals surface area contributed by atoms with E-state index in [1.54, 1.807) is 24.3 Å². The molecule has 1 atom stereocenters. The lowest BCUT2D eigenvalue weighted by atomic mass is 10.0. The quantitative estimate of drug-likeness (QED) is 0.236. The topological polar surface area (TPSA) is 90.6 Å². The normalized spacial score (nSPS) is 12.8. The molecule has 0 saturated heterocycles. The van der Waals surface area contributed by atoms with Gasteiger partial charge in [-0.1, -0.05) is 93.6 Å². The lowest BCUT2D eigenvalue weighted by Crippen LogP contribution is -2.68. The molecular weight excluding hydrogens is 516 g/mol. The van der Waals surface area contributed by atoms with Crippen molar-refractivity contribution in [2.45, 2.75) is 71.1 Å². The maximum Gasteiger partial charge on any atom is 0.407 e. The summed E-state index contributed by atoms with van der Waals surface area (Å²) in [6.07, 6.45) is -1.03. The van der Waals surface area contributed by atoms with Crippen LogP contribution in [-0.4, -0.2) is 48.4 Å². The Kier molecular flexibility index (Phi) is 9.72. The number of carbonyl (C=O) groups is 2. The average molecular weight is 557 g/mol. The highest BCUT2D eigenvalue weighted by Crippen LogP contribution is 2.38. The second kappa shape index (κ2) is 12.6. The third-order valence-electron chi connectivity index (χ3n) is 7.22. The van der Waals surface area contributed by atoms with Crippen LogP contribution in [0.2, 0.25) is 5.04 Å². The fourth-order valence-corrected chi connectivity index (χ4v) is 9.85. The minimum absolute atomic E-state index is 0.0711. The van der Waals surface area contributed by atoms with E-state index in [0.29, 0.717) is 17.5 Å². The number of rotatable bonds is 10. The Hall–Kier alpha value is -3.73. The van der Waals surface area contributed by atoms with Crippen molar-refractivity contribution in [3.8, 4) is 6.07 Å². The zero-order valence-electron chi connectivity index (χ0n) is 24.3. The number of hydrogen-bond donors (Lipinski definition) is 1. The van der Waals surface area contributed by atoms with Crippen molar-refractivity contribution in [2.24, 2.45) is 0 Å². The molecule has 0 spiro atoms. The van der Waals surface area contributed by atoms with Crippen molar-refractivity contribution in [1.29, 1.82) is 5.26 Å². The molecule has 3 aromatic carbocycles. The minimum Gasteiger partial charge on any atom is -0.465 e. The minimum atomic E-state index is -3.00. The molecular formula is C33H40N2O4Si. The summed E-state index contributed by atoms with van der Waals surface area (Å²) in [6, 6.07) is 29.1. The molecule has 0 fully saturated rings. The highest BCUT2D eigenvalue weighted by molar-refractivity contribution is 6.99. The third kappa shape index (κ3) is 7.06. The number of amides is 1. The lowest BCUT2D eigenvalue weighted by molar-refractivity contribution is 0.0571. The van der Waals surface area contributed by atoms with Gasteiger partial charge >= 0.3 is 6.09 Å². The number of carbonyl (C=O) groups excluding carboxylic acids is 1. The second-order valence-corrected chi connectivity index (χ2v) is 16.4. The van der Waals surface area contributed by atoms with Gasteiger partial charge < -0.3 is 14.4 Å². The number of carboxylic acid groups (broad SMARTS) is 1. The van der Waals surface area contributed by atoms with Crippen LogP contribution in [0, 0.1) is 11.3 Å². The Morgan fingerprint density at radius 3 is 1.77 bits per heavy atom. The van der Waals surface area contributed by atoms with Crippen molar-refractivity contribution >= 4 is 30.6 Å². The average Bonchev–Trinajstić information content (AvgIpc) is 2.92. The fourth-order valence-electron chi connectivity index (χ4n) is 5.14. The van der Waals surface area contributed by atoms with E-state index < -0.39 is 26.1 Å². The van der Waals surface area contributed by atoms with Crippen LogP contribution in [0.15, 0.2) is 84.9 Å². The highest BCUT2D eigenvalue weighted by atomic mass is 28.4. The SMILES string of the molecule is CC(C)(C)N(CC(CCC(=O)c1ccc(C#N)cc1)O[Si](c1ccccc1)(c1ccccc1)C(C)(C)C)C(=O)O. The molecule has 7 heteroatoms. The molecule has 1 N–H and O–H groups in total. The number of Topliss-reactive ketones (excluding diaryl/α,β-unsaturated/α-hetero) is 1. The van der Waals surface area contributed by atoms with E-state index in [1.165, 1.54) is 4.90 Å². The molecule has 0 aliphatic carbocycles.